The lowest BCUT2D eigenvalue weighted by atomic mass is 10.1. The van der Waals surface area contributed by atoms with Gasteiger partial charge in [0.1, 0.15) is 0 Å². The zero-order chi connectivity index (χ0) is 14.5. The van der Waals surface area contributed by atoms with E-state index in [9.17, 15) is 8.42 Å². The summed E-state index contributed by atoms with van der Waals surface area (Å²) in [5, 5.41) is 3.29. The third kappa shape index (κ3) is 5.59. The highest BCUT2D eigenvalue weighted by molar-refractivity contribution is 7.90. The minimum absolute atomic E-state index is 0.138. The van der Waals surface area contributed by atoms with Gasteiger partial charge in [-0.05, 0) is 45.0 Å². The number of nitrogens with one attached hydrogen (secondary N) is 3. The molecule has 1 aromatic rings. The summed E-state index contributed by atoms with van der Waals surface area (Å²) < 4.78 is 28.6. The van der Waals surface area contributed by atoms with Crippen LogP contribution in [0.2, 0.25) is 0 Å². The third-order valence-corrected chi connectivity index (χ3v) is 3.83. The van der Waals surface area contributed by atoms with Crippen LogP contribution in [-0.4, -0.2) is 21.0 Å². The third-order valence-electron chi connectivity index (χ3n) is 2.54. The van der Waals surface area contributed by atoms with Crippen molar-refractivity contribution in [2.24, 2.45) is 0 Å². The Morgan fingerprint density at radius 3 is 2.47 bits per heavy atom. The van der Waals surface area contributed by atoms with Crippen molar-refractivity contribution in [1.29, 1.82) is 0 Å². The molecule has 5 nitrogen and oxygen atoms in total. The highest BCUT2D eigenvalue weighted by Gasteiger charge is 2.12. The van der Waals surface area contributed by atoms with E-state index in [-0.39, 0.29) is 12.1 Å². The first-order valence-corrected chi connectivity index (χ1v) is 7.95. The topological polar surface area (TPSA) is 70.2 Å². The average Bonchev–Trinajstić information content (AvgIpc) is 2.27. The largest absolute Gasteiger partial charge is 0.310 e. The van der Waals surface area contributed by atoms with Gasteiger partial charge in [-0.15, -0.1) is 0 Å². The van der Waals surface area contributed by atoms with Crippen LogP contribution in [0.15, 0.2) is 24.3 Å². The molecule has 0 aromatic heterocycles. The second-order valence-electron chi connectivity index (χ2n) is 4.78. The molecule has 0 saturated carbocycles. The molecule has 1 rings (SSSR count). The Bertz CT molecular complexity index is 500. The van der Waals surface area contributed by atoms with Gasteiger partial charge in [0, 0.05) is 12.1 Å². The zero-order valence-corrected chi connectivity index (χ0v) is 12.7. The summed E-state index contributed by atoms with van der Waals surface area (Å²) in [5.74, 6) is 0. The van der Waals surface area contributed by atoms with E-state index in [4.69, 9.17) is 0 Å². The van der Waals surface area contributed by atoms with Crippen molar-refractivity contribution >= 4 is 15.9 Å². The average molecular weight is 285 g/mol. The molecule has 6 heteroatoms. The van der Waals surface area contributed by atoms with Crippen molar-refractivity contribution in [3.05, 3.63) is 29.8 Å². The van der Waals surface area contributed by atoms with Gasteiger partial charge in [0.05, 0.1) is 5.69 Å². The maximum Gasteiger partial charge on any atom is 0.299 e. The first-order chi connectivity index (χ1) is 8.84. The van der Waals surface area contributed by atoms with Crippen molar-refractivity contribution in [3.8, 4) is 0 Å². The van der Waals surface area contributed by atoms with Crippen LogP contribution in [0.1, 0.15) is 39.3 Å². The molecule has 0 fully saturated rings. The predicted molar refractivity (Wildman–Crippen MR) is 79.3 cm³/mol. The van der Waals surface area contributed by atoms with Gasteiger partial charge in [-0.1, -0.05) is 19.1 Å². The fraction of sp³-hybridized carbons (Fsp3) is 0.538. The molecule has 108 valence electrons. The van der Waals surface area contributed by atoms with Gasteiger partial charge in [0.25, 0.3) is 10.2 Å². The van der Waals surface area contributed by atoms with Crippen LogP contribution in [-0.2, 0) is 10.2 Å². The van der Waals surface area contributed by atoms with E-state index >= 15 is 0 Å². The van der Waals surface area contributed by atoms with Crippen molar-refractivity contribution in [2.75, 3.05) is 11.3 Å². The van der Waals surface area contributed by atoms with E-state index < -0.39 is 10.2 Å². The van der Waals surface area contributed by atoms with Gasteiger partial charge in [0.15, 0.2) is 0 Å². The monoisotopic (exact) mass is 285 g/mol. The molecule has 0 bridgehead atoms. The van der Waals surface area contributed by atoms with Crippen LogP contribution >= 0.6 is 0 Å². The molecular formula is C13H23N3O2S. The molecule has 0 heterocycles. The summed E-state index contributed by atoms with van der Waals surface area (Å²) in [6, 6.07) is 7.44. The van der Waals surface area contributed by atoms with Crippen LogP contribution in [0.4, 0.5) is 5.69 Å². The summed E-state index contributed by atoms with van der Waals surface area (Å²) in [7, 11) is -3.51. The molecule has 0 radical (unpaired) electrons. The Labute approximate surface area is 116 Å². The van der Waals surface area contributed by atoms with Gasteiger partial charge >= 0.3 is 0 Å². The van der Waals surface area contributed by atoms with Crippen LogP contribution in [0.3, 0.4) is 0 Å². The molecule has 0 saturated heterocycles. The van der Waals surface area contributed by atoms with E-state index in [1.54, 1.807) is 19.9 Å². The molecule has 1 aromatic carbocycles. The SMILES string of the molecule is CCNC(C)c1cccc(NS(=O)(=O)NC(C)C)c1. The van der Waals surface area contributed by atoms with E-state index in [1.165, 1.54) is 0 Å². The number of hydrogen-bond acceptors (Lipinski definition) is 3. The van der Waals surface area contributed by atoms with Gasteiger partial charge in [-0.3, -0.25) is 4.72 Å². The standard InChI is InChI=1S/C13H23N3O2S/c1-5-14-11(4)12-7-6-8-13(9-12)16-19(17,18)15-10(2)3/h6-11,14-16H,5H2,1-4H3. The zero-order valence-electron chi connectivity index (χ0n) is 11.9. The van der Waals surface area contributed by atoms with Crippen molar-refractivity contribution < 1.29 is 8.42 Å². The fourth-order valence-electron chi connectivity index (χ4n) is 1.79. The summed E-state index contributed by atoms with van der Waals surface area (Å²) in [6.45, 7) is 8.51. The number of benzene rings is 1. The lowest BCUT2D eigenvalue weighted by Gasteiger charge is -2.15. The maximum absolute atomic E-state index is 11.8. The highest BCUT2D eigenvalue weighted by Crippen LogP contribution is 2.17. The van der Waals surface area contributed by atoms with Crippen molar-refractivity contribution in [2.45, 2.75) is 39.8 Å². The number of hydrogen-bond donors (Lipinski definition) is 3. The highest BCUT2D eigenvalue weighted by atomic mass is 32.2. The molecule has 1 unspecified atom stereocenters. The first-order valence-electron chi connectivity index (χ1n) is 6.47. The lowest BCUT2D eigenvalue weighted by Crippen LogP contribution is -2.35. The molecule has 0 amide bonds. The summed E-state index contributed by atoms with van der Waals surface area (Å²) in [6.07, 6.45) is 0. The molecule has 1 atom stereocenters. The lowest BCUT2D eigenvalue weighted by molar-refractivity contribution is 0.575. The Morgan fingerprint density at radius 2 is 1.89 bits per heavy atom. The number of rotatable bonds is 7. The minimum atomic E-state index is -3.51. The van der Waals surface area contributed by atoms with Crippen molar-refractivity contribution in [3.63, 3.8) is 0 Å². The molecule has 0 spiro atoms. The van der Waals surface area contributed by atoms with Crippen LogP contribution in [0.5, 0.6) is 0 Å². The maximum atomic E-state index is 11.8. The van der Waals surface area contributed by atoms with E-state index in [0.29, 0.717) is 5.69 Å². The summed E-state index contributed by atoms with van der Waals surface area (Å²) >= 11 is 0. The van der Waals surface area contributed by atoms with E-state index in [2.05, 4.69) is 14.8 Å². The minimum Gasteiger partial charge on any atom is -0.310 e. The summed E-state index contributed by atoms with van der Waals surface area (Å²) in [4.78, 5) is 0. The first kappa shape index (κ1) is 15.9. The Balaban J connectivity index is 2.83. The van der Waals surface area contributed by atoms with Crippen molar-refractivity contribution in [1.82, 2.24) is 10.0 Å². The Kier molecular flexibility index (Phi) is 5.78. The molecule has 0 aliphatic rings. The second-order valence-corrected chi connectivity index (χ2v) is 6.23. The van der Waals surface area contributed by atoms with Gasteiger partial charge in [-0.2, -0.15) is 13.1 Å². The second kappa shape index (κ2) is 6.88. The quantitative estimate of drug-likeness (QED) is 0.718. The van der Waals surface area contributed by atoms with Gasteiger partial charge in [-0.25, -0.2) is 0 Å². The molecular weight excluding hydrogens is 262 g/mol. The predicted octanol–water partition coefficient (Wildman–Crippen LogP) is 2.01. The summed E-state index contributed by atoms with van der Waals surface area (Å²) in [5.41, 5.74) is 1.61. The fourth-order valence-corrected chi connectivity index (χ4v) is 2.91. The molecule has 0 aliphatic heterocycles. The number of anilines is 1. The van der Waals surface area contributed by atoms with Crippen LogP contribution < -0.4 is 14.8 Å². The smallest absolute Gasteiger partial charge is 0.299 e. The molecule has 19 heavy (non-hydrogen) atoms. The molecule has 3 N–H and O–H groups in total. The van der Waals surface area contributed by atoms with Gasteiger partial charge in [0.2, 0.25) is 0 Å². The van der Waals surface area contributed by atoms with Crippen LogP contribution in [0.25, 0.3) is 0 Å². The van der Waals surface area contributed by atoms with Gasteiger partial charge < -0.3 is 5.32 Å². The normalized spacial score (nSPS) is 13.5. The Hall–Kier alpha value is -1.11. The Morgan fingerprint density at radius 1 is 1.21 bits per heavy atom. The van der Waals surface area contributed by atoms with Crippen LogP contribution in [0, 0.1) is 0 Å². The van der Waals surface area contributed by atoms with E-state index in [0.717, 1.165) is 12.1 Å². The van der Waals surface area contributed by atoms with E-state index in [1.807, 2.05) is 32.0 Å². The molecule has 0 aliphatic carbocycles.